The van der Waals surface area contributed by atoms with E-state index in [-0.39, 0.29) is 31.3 Å². The van der Waals surface area contributed by atoms with E-state index in [4.69, 9.17) is 10.5 Å². The van der Waals surface area contributed by atoms with Crippen molar-refractivity contribution >= 4 is 23.9 Å². The number of hydrogen-bond donors (Lipinski definition) is 2. The third-order valence-corrected chi connectivity index (χ3v) is 5.08. The number of ether oxygens (including phenoxy) is 1. The zero-order chi connectivity index (χ0) is 19.8. The van der Waals surface area contributed by atoms with Gasteiger partial charge in [0.25, 0.3) is 0 Å². The quantitative estimate of drug-likeness (QED) is 0.606. The van der Waals surface area contributed by atoms with Crippen molar-refractivity contribution < 1.29 is 14.6 Å². The Kier molecular flexibility index (Phi) is 9.41. The Morgan fingerprint density at radius 3 is 2.31 bits per heavy atom. The maximum Gasteiger partial charge on any atom is 0.176 e. The summed E-state index contributed by atoms with van der Waals surface area (Å²) in [6.07, 6.45) is 0.159. The normalized spacial score (nSPS) is 15.4. The van der Waals surface area contributed by atoms with E-state index < -0.39 is 6.10 Å². The Balaban J connectivity index is 0.00000300. The molecule has 0 radical (unpaired) electrons. The molecular formula is C22H30ClN3O3. The lowest BCUT2D eigenvalue weighted by molar-refractivity contribution is 0.0865. The molecule has 1 unspecified atom stereocenters. The zero-order valence-electron chi connectivity index (χ0n) is 16.6. The van der Waals surface area contributed by atoms with E-state index in [0.717, 1.165) is 32.7 Å². The molecule has 0 aliphatic carbocycles. The predicted octanol–water partition coefficient (Wildman–Crippen LogP) is 2.20. The van der Waals surface area contributed by atoms with E-state index in [1.165, 1.54) is 5.69 Å². The first kappa shape index (κ1) is 23.2. The van der Waals surface area contributed by atoms with E-state index in [1.807, 2.05) is 6.07 Å². The number of nitrogens with two attached hydrogens (primary N) is 1. The van der Waals surface area contributed by atoms with Gasteiger partial charge in [0.2, 0.25) is 0 Å². The molecule has 0 aromatic heterocycles. The highest BCUT2D eigenvalue weighted by molar-refractivity contribution is 5.97. The van der Waals surface area contributed by atoms with Crippen molar-refractivity contribution in [3.63, 3.8) is 0 Å². The van der Waals surface area contributed by atoms with Crippen LogP contribution in [0.3, 0.4) is 0 Å². The van der Waals surface area contributed by atoms with Crippen LogP contribution in [0.15, 0.2) is 54.6 Å². The van der Waals surface area contributed by atoms with Crippen LogP contribution >= 0.6 is 12.4 Å². The number of carbonyl (C=O) groups excluding carboxylic acids is 1. The number of benzene rings is 2. The van der Waals surface area contributed by atoms with Crippen LogP contribution in [0.4, 0.5) is 5.69 Å². The molecule has 29 heavy (non-hydrogen) atoms. The first-order valence-electron chi connectivity index (χ1n) is 9.82. The molecule has 1 aliphatic heterocycles. The summed E-state index contributed by atoms with van der Waals surface area (Å²) in [7, 11) is 0. The van der Waals surface area contributed by atoms with E-state index >= 15 is 0 Å². The van der Waals surface area contributed by atoms with Gasteiger partial charge in [0.05, 0.1) is 12.6 Å². The first-order valence-corrected chi connectivity index (χ1v) is 9.82. The van der Waals surface area contributed by atoms with Gasteiger partial charge in [-0.1, -0.05) is 18.2 Å². The molecule has 6 nitrogen and oxygen atoms in total. The molecule has 2 aromatic rings. The molecule has 2 aromatic carbocycles. The molecule has 1 aliphatic rings. The van der Waals surface area contributed by atoms with E-state index in [9.17, 15) is 9.90 Å². The Bertz CT molecular complexity index is 735. The number of Topliss-reactive ketones (excluding diaryl/α,β-unsaturated/α-hetero) is 1. The molecule has 3 N–H and O–H groups in total. The van der Waals surface area contributed by atoms with Crippen LogP contribution in [0.5, 0.6) is 5.75 Å². The number of carbonyl (C=O) groups is 1. The maximum absolute atomic E-state index is 11.5. The van der Waals surface area contributed by atoms with Gasteiger partial charge in [-0.05, 0) is 42.8 Å². The fourth-order valence-electron chi connectivity index (χ4n) is 3.33. The third kappa shape index (κ3) is 7.01. The molecule has 158 valence electrons. The van der Waals surface area contributed by atoms with E-state index in [0.29, 0.717) is 17.7 Å². The fourth-order valence-corrected chi connectivity index (χ4v) is 3.33. The van der Waals surface area contributed by atoms with Crippen LogP contribution in [0.2, 0.25) is 0 Å². The van der Waals surface area contributed by atoms with Gasteiger partial charge in [-0.25, -0.2) is 0 Å². The molecule has 3 rings (SSSR count). The zero-order valence-corrected chi connectivity index (χ0v) is 17.4. The molecule has 0 bridgehead atoms. The third-order valence-electron chi connectivity index (χ3n) is 5.08. The van der Waals surface area contributed by atoms with Gasteiger partial charge in [0, 0.05) is 44.0 Å². The van der Waals surface area contributed by atoms with Crippen molar-refractivity contribution in [1.29, 1.82) is 0 Å². The standard InChI is InChI=1S/C22H29N3O3.ClH/c23-16-22(27)18-6-8-21(9-7-18)28-17-20(26)10-11-24-12-14-25(15-13-24)19-4-2-1-3-5-19;/h1-9,20,26H,10-17,23H2;1H. The van der Waals surface area contributed by atoms with Crippen molar-refractivity contribution in [1.82, 2.24) is 4.90 Å². The number of rotatable bonds is 9. The summed E-state index contributed by atoms with van der Waals surface area (Å²) in [5, 5.41) is 10.2. The second kappa shape index (κ2) is 11.8. The summed E-state index contributed by atoms with van der Waals surface area (Å²) in [4.78, 5) is 16.3. The van der Waals surface area contributed by atoms with Crippen LogP contribution in [0.25, 0.3) is 0 Å². The Hall–Kier alpha value is -2.12. The summed E-state index contributed by atoms with van der Waals surface area (Å²) >= 11 is 0. The smallest absolute Gasteiger partial charge is 0.176 e. The number of para-hydroxylation sites is 1. The van der Waals surface area contributed by atoms with Crippen LogP contribution in [-0.2, 0) is 0 Å². The van der Waals surface area contributed by atoms with Crippen molar-refractivity contribution in [2.45, 2.75) is 12.5 Å². The van der Waals surface area contributed by atoms with Crippen molar-refractivity contribution in [3.05, 3.63) is 60.2 Å². The molecule has 1 atom stereocenters. The number of aliphatic hydroxyl groups is 1. The number of halogens is 1. The van der Waals surface area contributed by atoms with Gasteiger partial charge < -0.3 is 20.5 Å². The van der Waals surface area contributed by atoms with E-state index in [1.54, 1.807) is 24.3 Å². The largest absolute Gasteiger partial charge is 0.491 e. The molecular weight excluding hydrogens is 390 g/mol. The van der Waals surface area contributed by atoms with Gasteiger partial charge in [0.1, 0.15) is 12.4 Å². The lowest BCUT2D eigenvalue weighted by Crippen LogP contribution is -2.47. The van der Waals surface area contributed by atoms with Crippen LogP contribution in [-0.4, -0.2) is 67.8 Å². The maximum atomic E-state index is 11.5. The van der Waals surface area contributed by atoms with Gasteiger partial charge in [-0.3, -0.25) is 9.69 Å². The highest BCUT2D eigenvalue weighted by Crippen LogP contribution is 2.16. The Morgan fingerprint density at radius 2 is 1.69 bits per heavy atom. The predicted molar refractivity (Wildman–Crippen MR) is 118 cm³/mol. The summed E-state index contributed by atoms with van der Waals surface area (Å²) in [6.45, 7) is 5.11. The fraction of sp³-hybridized carbons (Fsp3) is 0.409. The number of ketones is 1. The molecule has 1 saturated heterocycles. The second-order valence-corrected chi connectivity index (χ2v) is 7.07. The lowest BCUT2D eigenvalue weighted by atomic mass is 10.1. The van der Waals surface area contributed by atoms with Gasteiger partial charge in [-0.2, -0.15) is 0 Å². The minimum Gasteiger partial charge on any atom is -0.491 e. The summed E-state index contributed by atoms with van der Waals surface area (Å²) in [5.74, 6) is 0.544. The van der Waals surface area contributed by atoms with Gasteiger partial charge in [-0.15, -0.1) is 12.4 Å². The summed E-state index contributed by atoms with van der Waals surface area (Å²) in [6, 6.07) is 17.3. The number of piperazine rings is 1. The lowest BCUT2D eigenvalue weighted by Gasteiger charge is -2.36. The topological polar surface area (TPSA) is 79.0 Å². The number of aliphatic hydroxyl groups excluding tert-OH is 1. The van der Waals surface area contributed by atoms with E-state index in [2.05, 4.69) is 34.1 Å². The van der Waals surface area contributed by atoms with Crippen LogP contribution in [0.1, 0.15) is 16.8 Å². The van der Waals surface area contributed by atoms with Crippen molar-refractivity contribution in [2.75, 3.05) is 50.8 Å². The first-order chi connectivity index (χ1) is 13.7. The molecule has 0 saturated carbocycles. The number of nitrogens with zero attached hydrogens (tertiary/aromatic N) is 2. The molecule has 0 spiro atoms. The van der Waals surface area contributed by atoms with Gasteiger partial charge in [0.15, 0.2) is 5.78 Å². The summed E-state index contributed by atoms with van der Waals surface area (Å²) in [5.41, 5.74) is 7.20. The Morgan fingerprint density at radius 1 is 1.03 bits per heavy atom. The van der Waals surface area contributed by atoms with Crippen molar-refractivity contribution in [3.8, 4) is 5.75 Å². The molecule has 1 heterocycles. The summed E-state index contributed by atoms with van der Waals surface area (Å²) < 4.78 is 5.63. The average molecular weight is 420 g/mol. The Labute approximate surface area is 178 Å². The van der Waals surface area contributed by atoms with Crippen LogP contribution in [0, 0.1) is 0 Å². The molecule has 7 heteroatoms. The molecule has 1 fully saturated rings. The van der Waals surface area contributed by atoms with Crippen molar-refractivity contribution in [2.24, 2.45) is 5.73 Å². The second-order valence-electron chi connectivity index (χ2n) is 7.07. The monoisotopic (exact) mass is 419 g/mol. The van der Waals surface area contributed by atoms with Crippen LogP contribution < -0.4 is 15.4 Å². The number of anilines is 1. The minimum atomic E-state index is -0.516. The number of hydrogen-bond acceptors (Lipinski definition) is 6. The average Bonchev–Trinajstić information content (AvgIpc) is 2.77. The molecule has 0 amide bonds. The minimum absolute atomic E-state index is 0. The highest BCUT2D eigenvalue weighted by atomic mass is 35.5. The SMILES string of the molecule is Cl.NCC(=O)c1ccc(OCC(O)CCN2CCN(c3ccccc3)CC2)cc1. The van der Waals surface area contributed by atoms with Gasteiger partial charge >= 0.3 is 0 Å². The highest BCUT2D eigenvalue weighted by Gasteiger charge is 2.18.